The summed E-state index contributed by atoms with van der Waals surface area (Å²) in [6.07, 6.45) is 4.39. The maximum absolute atomic E-state index is 10.8. The van der Waals surface area contributed by atoms with Gasteiger partial charge in [0.05, 0.1) is 6.10 Å². The lowest BCUT2D eigenvalue weighted by molar-refractivity contribution is -0.117. The van der Waals surface area contributed by atoms with Crippen LogP contribution in [0.25, 0.3) is 0 Å². The molecule has 0 saturated carbocycles. The van der Waals surface area contributed by atoms with Crippen LogP contribution in [-0.4, -0.2) is 43.0 Å². The summed E-state index contributed by atoms with van der Waals surface area (Å²) in [5.41, 5.74) is 0. The lowest BCUT2D eigenvalue weighted by Crippen LogP contribution is -2.31. The normalized spacial score (nSPS) is 23.7. The summed E-state index contributed by atoms with van der Waals surface area (Å²) in [6.45, 7) is 7.99. The van der Waals surface area contributed by atoms with Crippen molar-refractivity contribution in [3.05, 3.63) is 0 Å². The van der Waals surface area contributed by atoms with Crippen LogP contribution >= 0.6 is 0 Å². The summed E-state index contributed by atoms with van der Waals surface area (Å²) < 4.78 is 5.58. The molecule has 0 amide bonds. The molecule has 88 valence electrons. The minimum Gasteiger partial charge on any atom is -0.377 e. The summed E-state index contributed by atoms with van der Waals surface area (Å²) >= 11 is 0. The lowest BCUT2D eigenvalue weighted by Gasteiger charge is -2.21. The van der Waals surface area contributed by atoms with E-state index in [2.05, 4.69) is 11.8 Å². The zero-order valence-electron chi connectivity index (χ0n) is 10.00. The topological polar surface area (TPSA) is 29.5 Å². The minimum atomic E-state index is 0.308. The van der Waals surface area contributed by atoms with Crippen molar-refractivity contribution in [3.63, 3.8) is 0 Å². The predicted molar refractivity (Wildman–Crippen MR) is 61.0 cm³/mol. The summed E-state index contributed by atoms with van der Waals surface area (Å²) in [4.78, 5) is 13.2. The van der Waals surface area contributed by atoms with Crippen LogP contribution in [0.5, 0.6) is 0 Å². The highest BCUT2D eigenvalue weighted by atomic mass is 16.5. The molecule has 0 radical (unpaired) electrons. The molecule has 3 nitrogen and oxygen atoms in total. The van der Waals surface area contributed by atoms with E-state index in [1.54, 1.807) is 6.92 Å². The molecule has 1 heterocycles. The van der Waals surface area contributed by atoms with Gasteiger partial charge in [-0.15, -0.1) is 0 Å². The van der Waals surface area contributed by atoms with Gasteiger partial charge in [-0.3, -0.25) is 0 Å². The van der Waals surface area contributed by atoms with Crippen LogP contribution in [-0.2, 0) is 9.53 Å². The van der Waals surface area contributed by atoms with Gasteiger partial charge >= 0.3 is 0 Å². The summed E-state index contributed by atoms with van der Waals surface area (Å²) in [7, 11) is 0. The summed E-state index contributed by atoms with van der Waals surface area (Å²) in [6, 6.07) is 0. The van der Waals surface area contributed by atoms with Crippen LogP contribution in [0.1, 0.15) is 39.5 Å². The van der Waals surface area contributed by atoms with Crippen LogP contribution < -0.4 is 0 Å². The van der Waals surface area contributed by atoms with Gasteiger partial charge in [-0.05, 0) is 39.7 Å². The Bertz CT molecular complexity index is 194. The van der Waals surface area contributed by atoms with E-state index in [0.717, 1.165) is 51.9 Å². The Kier molecular flexibility index (Phi) is 5.88. The number of unbranched alkanes of at least 4 members (excludes halogenated alkanes) is 1. The molecule has 1 fully saturated rings. The number of ketones is 1. The van der Waals surface area contributed by atoms with E-state index < -0.39 is 0 Å². The molecule has 0 spiro atoms. The number of hydrogen-bond donors (Lipinski definition) is 0. The number of Topliss-reactive ketones (excluding diaryl/α,β-unsaturated/α-hetero) is 1. The highest BCUT2D eigenvalue weighted by Gasteiger charge is 2.13. The van der Waals surface area contributed by atoms with Crippen molar-refractivity contribution in [1.29, 1.82) is 0 Å². The number of hydrogen-bond acceptors (Lipinski definition) is 3. The number of rotatable bonds is 5. The van der Waals surface area contributed by atoms with Crippen molar-refractivity contribution in [2.24, 2.45) is 0 Å². The average Bonchev–Trinajstić information content (AvgIpc) is 2.37. The Morgan fingerprint density at radius 2 is 2.27 bits per heavy atom. The smallest absolute Gasteiger partial charge is 0.129 e. The first-order valence-electron chi connectivity index (χ1n) is 6.02. The van der Waals surface area contributed by atoms with Gasteiger partial charge in [-0.1, -0.05) is 0 Å². The van der Waals surface area contributed by atoms with Gasteiger partial charge in [0.1, 0.15) is 5.78 Å². The van der Waals surface area contributed by atoms with Gasteiger partial charge < -0.3 is 14.4 Å². The third-order valence-electron chi connectivity index (χ3n) is 2.79. The first-order valence-corrected chi connectivity index (χ1v) is 6.02. The molecule has 1 saturated heterocycles. The largest absolute Gasteiger partial charge is 0.377 e. The van der Waals surface area contributed by atoms with E-state index in [9.17, 15) is 4.79 Å². The van der Waals surface area contributed by atoms with Crippen LogP contribution in [0.3, 0.4) is 0 Å². The molecular weight excluding hydrogens is 190 g/mol. The van der Waals surface area contributed by atoms with E-state index >= 15 is 0 Å². The molecule has 1 rings (SSSR count). The van der Waals surface area contributed by atoms with Crippen LogP contribution in [0.15, 0.2) is 0 Å². The van der Waals surface area contributed by atoms with Crippen molar-refractivity contribution >= 4 is 5.78 Å². The molecule has 3 heteroatoms. The van der Waals surface area contributed by atoms with Gasteiger partial charge in [-0.25, -0.2) is 0 Å². The molecule has 1 atom stereocenters. The molecular formula is C12H23NO2. The Balaban J connectivity index is 2.11. The standard InChI is InChI=1S/C12H23NO2/c1-11(14)6-3-4-7-13-8-5-9-15-12(2)10-13/h12H,3-10H2,1-2H3. The predicted octanol–water partition coefficient (Wildman–Crippen LogP) is 1.86. The van der Waals surface area contributed by atoms with Crippen molar-refractivity contribution in [2.75, 3.05) is 26.2 Å². The van der Waals surface area contributed by atoms with E-state index in [0.29, 0.717) is 11.9 Å². The van der Waals surface area contributed by atoms with Crippen LogP contribution in [0, 0.1) is 0 Å². The molecule has 1 aliphatic heterocycles. The first kappa shape index (κ1) is 12.7. The van der Waals surface area contributed by atoms with E-state index in [4.69, 9.17) is 4.74 Å². The van der Waals surface area contributed by atoms with Crippen LogP contribution in [0.2, 0.25) is 0 Å². The number of carbonyl (C=O) groups excluding carboxylic acids is 1. The van der Waals surface area contributed by atoms with Gasteiger partial charge in [0.15, 0.2) is 0 Å². The zero-order chi connectivity index (χ0) is 11.1. The zero-order valence-corrected chi connectivity index (χ0v) is 10.00. The summed E-state index contributed by atoms with van der Waals surface area (Å²) in [5.74, 6) is 0.308. The fourth-order valence-electron chi connectivity index (χ4n) is 1.99. The fraction of sp³-hybridized carbons (Fsp3) is 0.917. The van der Waals surface area contributed by atoms with Crippen molar-refractivity contribution in [3.8, 4) is 0 Å². The highest BCUT2D eigenvalue weighted by Crippen LogP contribution is 2.07. The van der Waals surface area contributed by atoms with Gasteiger partial charge in [0, 0.05) is 26.1 Å². The molecule has 1 unspecified atom stereocenters. The quantitative estimate of drug-likeness (QED) is 0.653. The Labute approximate surface area is 92.8 Å². The Morgan fingerprint density at radius 1 is 1.47 bits per heavy atom. The Hall–Kier alpha value is -0.410. The monoisotopic (exact) mass is 213 g/mol. The molecule has 0 aromatic rings. The fourth-order valence-corrected chi connectivity index (χ4v) is 1.99. The molecule has 0 aliphatic carbocycles. The minimum absolute atomic E-state index is 0.308. The highest BCUT2D eigenvalue weighted by molar-refractivity contribution is 5.75. The van der Waals surface area contributed by atoms with Gasteiger partial charge in [0.2, 0.25) is 0 Å². The average molecular weight is 213 g/mol. The maximum atomic E-state index is 10.8. The first-order chi connectivity index (χ1) is 7.18. The molecule has 0 bridgehead atoms. The molecule has 15 heavy (non-hydrogen) atoms. The second kappa shape index (κ2) is 6.96. The SMILES string of the molecule is CC(=O)CCCCN1CCCOC(C)C1. The Morgan fingerprint density at radius 3 is 3.00 bits per heavy atom. The van der Waals surface area contributed by atoms with Gasteiger partial charge in [0.25, 0.3) is 0 Å². The summed E-state index contributed by atoms with van der Waals surface area (Å²) in [5, 5.41) is 0. The third kappa shape index (κ3) is 5.90. The molecule has 0 N–H and O–H groups in total. The molecule has 0 aromatic heterocycles. The number of nitrogens with zero attached hydrogens (tertiary/aromatic N) is 1. The van der Waals surface area contributed by atoms with Crippen LogP contribution in [0.4, 0.5) is 0 Å². The molecule has 1 aliphatic rings. The maximum Gasteiger partial charge on any atom is 0.129 e. The van der Waals surface area contributed by atoms with Crippen molar-refractivity contribution < 1.29 is 9.53 Å². The second-order valence-corrected chi connectivity index (χ2v) is 4.49. The molecule has 0 aromatic carbocycles. The van der Waals surface area contributed by atoms with E-state index in [1.807, 2.05) is 0 Å². The third-order valence-corrected chi connectivity index (χ3v) is 2.79. The van der Waals surface area contributed by atoms with Crippen molar-refractivity contribution in [2.45, 2.75) is 45.6 Å². The number of ether oxygens (including phenoxy) is 1. The van der Waals surface area contributed by atoms with Gasteiger partial charge in [-0.2, -0.15) is 0 Å². The van der Waals surface area contributed by atoms with E-state index in [-0.39, 0.29) is 0 Å². The van der Waals surface area contributed by atoms with Crippen molar-refractivity contribution in [1.82, 2.24) is 4.90 Å². The number of carbonyl (C=O) groups is 1. The van der Waals surface area contributed by atoms with E-state index in [1.165, 1.54) is 0 Å². The lowest BCUT2D eigenvalue weighted by atomic mass is 10.2. The second-order valence-electron chi connectivity index (χ2n) is 4.49.